The fourth-order valence-electron chi connectivity index (χ4n) is 5.64. The van der Waals surface area contributed by atoms with Crippen LogP contribution in [0.5, 0.6) is 23.0 Å². The van der Waals surface area contributed by atoms with Crippen molar-refractivity contribution < 1.29 is 46.0 Å². The first-order chi connectivity index (χ1) is 21.4. The lowest BCUT2D eigenvalue weighted by Gasteiger charge is -2.21. The van der Waals surface area contributed by atoms with E-state index in [1.54, 1.807) is 20.8 Å². The van der Waals surface area contributed by atoms with E-state index in [1.807, 2.05) is 0 Å². The van der Waals surface area contributed by atoms with Gasteiger partial charge in [-0.05, 0) is 27.7 Å². The molecule has 0 unspecified atom stereocenters. The fourth-order valence-corrected chi connectivity index (χ4v) is 5.64. The number of aryl methyl sites for hydroxylation is 4. The summed E-state index contributed by atoms with van der Waals surface area (Å²) in [5.74, 6) is -0.791. The van der Waals surface area contributed by atoms with Crippen LogP contribution >= 0.6 is 0 Å². The molecule has 4 aromatic rings. The minimum atomic E-state index is -0.569. The molecule has 0 amide bonds. The van der Waals surface area contributed by atoms with Gasteiger partial charge in [-0.15, -0.1) is 0 Å². The van der Waals surface area contributed by atoms with Crippen molar-refractivity contribution in [3.63, 3.8) is 0 Å². The topological polar surface area (TPSA) is 234 Å². The second-order valence-corrected chi connectivity index (χ2v) is 10.9. The number of hydrogen-bond acceptors (Lipinski definition) is 13. The van der Waals surface area contributed by atoms with Gasteiger partial charge in [-0.1, -0.05) is 0 Å². The molecule has 0 radical (unpaired) electrons. The SMILES string of the molecule is Cc1ncc(CO)c(Cc2nc(C)c(O)c(Cc3nc(C)c(O)c(Cc4nc(C)c(O)c(CO)c4CO)c3CO)c2CO)c1O. The first kappa shape index (κ1) is 33.5. The standard InChI is InChI=1S/C32H38N4O9/c1-14-29(42)19(18(9-37)8-33-14)5-26-22(10-38)20(30(43)15(2)34-26)6-27-23(11-39)21(31(44)16(3)35-27)7-28-24(12-40)25(13-41)32(45)17(4)36-28/h8,37-45H,5-7,9-13H2,1-4H3. The van der Waals surface area contributed by atoms with Crippen LogP contribution in [0.3, 0.4) is 0 Å². The maximum Gasteiger partial charge on any atom is 0.142 e. The summed E-state index contributed by atoms with van der Waals surface area (Å²) in [4.78, 5) is 17.5. The summed E-state index contributed by atoms with van der Waals surface area (Å²) in [6.07, 6.45) is 1.28. The van der Waals surface area contributed by atoms with Gasteiger partial charge in [-0.25, -0.2) is 0 Å². The van der Waals surface area contributed by atoms with Crippen LogP contribution in [0.2, 0.25) is 0 Å². The van der Waals surface area contributed by atoms with Crippen molar-refractivity contribution in [1.82, 2.24) is 19.9 Å². The van der Waals surface area contributed by atoms with Crippen LogP contribution in [-0.2, 0) is 52.3 Å². The van der Waals surface area contributed by atoms with E-state index < -0.39 is 26.4 Å². The smallest absolute Gasteiger partial charge is 0.142 e. The van der Waals surface area contributed by atoms with Gasteiger partial charge in [0.25, 0.3) is 0 Å². The molecule has 240 valence electrons. The second kappa shape index (κ2) is 13.7. The summed E-state index contributed by atoms with van der Waals surface area (Å²) in [7, 11) is 0. The number of aromatic nitrogens is 4. The van der Waals surface area contributed by atoms with Gasteiger partial charge < -0.3 is 46.0 Å². The van der Waals surface area contributed by atoms with E-state index >= 15 is 0 Å². The quantitative estimate of drug-likeness (QED) is 0.116. The summed E-state index contributed by atoms with van der Waals surface area (Å²) < 4.78 is 0. The van der Waals surface area contributed by atoms with Crippen LogP contribution in [-0.4, -0.2) is 65.9 Å². The lowest BCUT2D eigenvalue weighted by atomic mass is 9.91. The molecule has 0 bridgehead atoms. The Morgan fingerprint density at radius 2 is 0.756 bits per heavy atom. The Labute approximate surface area is 259 Å². The highest BCUT2D eigenvalue weighted by atomic mass is 16.3. The Morgan fingerprint density at radius 1 is 0.422 bits per heavy atom. The lowest BCUT2D eigenvalue weighted by Crippen LogP contribution is -2.13. The van der Waals surface area contributed by atoms with Crippen LogP contribution in [0, 0.1) is 27.7 Å². The molecule has 0 fully saturated rings. The average molecular weight is 623 g/mol. The van der Waals surface area contributed by atoms with E-state index in [0.29, 0.717) is 22.5 Å². The van der Waals surface area contributed by atoms with Crippen LogP contribution < -0.4 is 0 Å². The van der Waals surface area contributed by atoms with Crippen molar-refractivity contribution in [2.75, 3.05) is 0 Å². The number of nitrogens with zero attached hydrogens (tertiary/aromatic N) is 4. The zero-order chi connectivity index (χ0) is 33.2. The summed E-state index contributed by atoms with van der Waals surface area (Å²) in [6.45, 7) is 3.70. The Balaban J connectivity index is 1.88. The summed E-state index contributed by atoms with van der Waals surface area (Å²) in [6, 6.07) is 0. The van der Waals surface area contributed by atoms with Crippen LogP contribution in [0.1, 0.15) is 84.4 Å². The minimum Gasteiger partial charge on any atom is -0.506 e. The van der Waals surface area contributed by atoms with Crippen LogP contribution in [0.15, 0.2) is 6.20 Å². The molecule has 13 nitrogen and oxygen atoms in total. The highest BCUT2D eigenvalue weighted by Crippen LogP contribution is 2.37. The van der Waals surface area contributed by atoms with E-state index in [1.165, 1.54) is 13.1 Å². The Bertz CT molecular complexity index is 1760. The highest BCUT2D eigenvalue weighted by Gasteiger charge is 2.26. The van der Waals surface area contributed by atoms with Gasteiger partial charge >= 0.3 is 0 Å². The molecule has 4 heterocycles. The molecule has 0 aromatic carbocycles. The third kappa shape index (κ3) is 6.26. The summed E-state index contributed by atoms with van der Waals surface area (Å²) >= 11 is 0. The predicted octanol–water partition coefficient (Wildman–Crippen LogP) is 1.56. The second-order valence-electron chi connectivity index (χ2n) is 10.9. The number of rotatable bonds is 11. The molecule has 45 heavy (non-hydrogen) atoms. The zero-order valence-corrected chi connectivity index (χ0v) is 25.5. The van der Waals surface area contributed by atoms with Crippen molar-refractivity contribution in [3.8, 4) is 23.0 Å². The zero-order valence-electron chi connectivity index (χ0n) is 25.5. The maximum absolute atomic E-state index is 11.1. The van der Waals surface area contributed by atoms with Crippen molar-refractivity contribution in [1.29, 1.82) is 0 Å². The van der Waals surface area contributed by atoms with Crippen LogP contribution in [0.4, 0.5) is 0 Å². The normalized spacial score (nSPS) is 11.4. The molecule has 0 atom stereocenters. The van der Waals surface area contributed by atoms with E-state index in [4.69, 9.17) is 0 Å². The Hall–Kier alpha value is -4.40. The van der Waals surface area contributed by atoms with Gasteiger partial charge in [0.1, 0.15) is 23.0 Å². The van der Waals surface area contributed by atoms with Gasteiger partial charge in [-0.3, -0.25) is 19.9 Å². The lowest BCUT2D eigenvalue weighted by molar-refractivity contribution is 0.253. The average Bonchev–Trinajstić information content (AvgIpc) is 3.02. The molecule has 4 rings (SSSR count). The molecule has 0 saturated carbocycles. The minimum absolute atomic E-state index is 0.0121. The number of hydrogen-bond donors (Lipinski definition) is 9. The van der Waals surface area contributed by atoms with Crippen molar-refractivity contribution in [2.24, 2.45) is 0 Å². The van der Waals surface area contributed by atoms with Gasteiger partial charge in [0.05, 0.1) is 72.9 Å². The van der Waals surface area contributed by atoms with E-state index in [9.17, 15) is 46.0 Å². The molecular weight excluding hydrogens is 584 g/mol. The largest absolute Gasteiger partial charge is 0.506 e. The van der Waals surface area contributed by atoms with Gasteiger partial charge in [0, 0.05) is 70.0 Å². The molecule has 0 saturated heterocycles. The van der Waals surface area contributed by atoms with Crippen molar-refractivity contribution in [3.05, 3.63) is 90.6 Å². The fraction of sp³-hybridized carbons (Fsp3) is 0.375. The first-order valence-electron chi connectivity index (χ1n) is 14.2. The molecular formula is C32H38N4O9. The third-order valence-corrected chi connectivity index (χ3v) is 8.20. The molecule has 0 aliphatic heterocycles. The molecule has 9 N–H and O–H groups in total. The molecule has 0 spiro atoms. The highest BCUT2D eigenvalue weighted by molar-refractivity contribution is 5.54. The van der Waals surface area contributed by atoms with Crippen molar-refractivity contribution >= 4 is 0 Å². The van der Waals surface area contributed by atoms with E-state index in [-0.39, 0.29) is 111 Å². The van der Waals surface area contributed by atoms with Gasteiger partial charge in [-0.2, -0.15) is 0 Å². The number of aromatic hydroxyl groups is 4. The third-order valence-electron chi connectivity index (χ3n) is 8.20. The molecule has 0 aliphatic carbocycles. The maximum atomic E-state index is 11.1. The van der Waals surface area contributed by atoms with E-state index in [0.717, 1.165) is 0 Å². The summed E-state index contributed by atoms with van der Waals surface area (Å²) in [5.41, 5.74) is 3.95. The van der Waals surface area contributed by atoms with Crippen LogP contribution in [0.25, 0.3) is 0 Å². The van der Waals surface area contributed by atoms with Gasteiger partial charge in [0.15, 0.2) is 0 Å². The molecule has 0 aliphatic rings. The van der Waals surface area contributed by atoms with Crippen molar-refractivity contribution in [2.45, 2.75) is 80.0 Å². The van der Waals surface area contributed by atoms with E-state index in [2.05, 4.69) is 19.9 Å². The Kier molecular flexibility index (Phi) is 10.2. The molecule has 4 aromatic heterocycles. The summed E-state index contributed by atoms with van der Waals surface area (Å²) in [5, 5.41) is 94.1. The van der Waals surface area contributed by atoms with Gasteiger partial charge in [0.2, 0.25) is 0 Å². The predicted molar refractivity (Wildman–Crippen MR) is 161 cm³/mol. The number of pyridine rings is 4. The Morgan fingerprint density at radius 3 is 1.13 bits per heavy atom. The first-order valence-corrected chi connectivity index (χ1v) is 14.2. The molecule has 13 heteroatoms. The number of aliphatic hydroxyl groups excluding tert-OH is 5. The number of aliphatic hydroxyl groups is 5. The monoisotopic (exact) mass is 622 g/mol.